The molecule has 0 amide bonds. The number of hydrogen-bond acceptors (Lipinski definition) is 6. The van der Waals surface area contributed by atoms with Gasteiger partial charge in [0.15, 0.2) is 5.82 Å². The van der Waals surface area contributed by atoms with Gasteiger partial charge in [-0.3, -0.25) is 0 Å². The Balaban J connectivity index is 0.000000815. The number of nitrogens with two attached hydrogens (primary N) is 1. The van der Waals surface area contributed by atoms with E-state index in [1.54, 1.807) is 0 Å². The van der Waals surface area contributed by atoms with Crippen LogP contribution in [-0.4, -0.2) is 33.0 Å². The van der Waals surface area contributed by atoms with Crippen LogP contribution in [0.3, 0.4) is 0 Å². The van der Waals surface area contributed by atoms with Crippen LogP contribution in [0.1, 0.15) is 16.8 Å². The molecule has 3 N–H and O–H groups in total. The minimum atomic E-state index is 0.416. The SMILES string of the molecule is CO.Nc1ncnc2c3c(n(-c4ccc(CC=O)cc4)c12)COC3. The average Bonchev–Trinajstić information content (AvgIpc) is 3.20. The molecule has 1 aliphatic heterocycles. The predicted octanol–water partition coefficient (Wildman–Crippen LogP) is 1.38. The van der Waals surface area contributed by atoms with E-state index >= 15 is 0 Å². The fraction of sp³-hybridized carbons (Fsp3) is 0.235. The van der Waals surface area contributed by atoms with Gasteiger partial charge in [-0.2, -0.15) is 0 Å². The lowest BCUT2D eigenvalue weighted by Crippen LogP contribution is -2.03. The summed E-state index contributed by atoms with van der Waals surface area (Å²) >= 11 is 0. The van der Waals surface area contributed by atoms with Gasteiger partial charge in [0.25, 0.3) is 0 Å². The number of nitrogens with zero attached hydrogens (tertiary/aromatic N) is 3. The maximum absolute atomic E-state index is 10.6. The van der Waals surface area contributed by atoms with Crippen molar-refractivity contribution in [2.75, 3.05) is 12.8 Å². The highest BCUT2D eigenvalue weighted by Crippen LogP contribution is 2.35. The van der Waals surface area contributed by atoms with Gasteiger partial charge in [0.2, 0.25) is 0 Å². The van der Waals surface area contributed by atoms with Gasteiger partial charge in [-0.25, -0.2) is 9.97 Å². The lowest BCUT2D eigenvalue weighted by Gasteiger charge is -2.10. The number of anilines is 1. The second-order valence-corrected chi connectivity index (χ2v) is 5.25. The summed E-state index contributed by atoms with van der Waals surface area (Å²) in [5.41, 5.74) is 11.8. The molecule has 0 atom stereocenters. The van der Waals surface area contributed by atoms with Gasteiger partial charge in [0.05, 0.1) is 18.9 Å². The van der Waals surface area contributed by atoms with Crippen LogP contribution in [0, 0.1) is 0 Å². The molecule has 0 spiro atoms. The van der Waals surface area contributed by atoms with Gasteiger partial charge in [-0.1, -0.05) is 12.1 Å². The van der Waals surface area contributed by atoms with Crippen LogP contribution in [-0.2, 0) is 29.2 Å². The number of aliphatic hydroxyl groups excluding tert-OH is 1. The molecule has 1 aliphatic rings. The number of ether oxygens (including phenoxy) is 1. The van der Waals surface area contributed by atoms with Gasteiger partial charge in [0.1, 0.15) is 23.6 Å². The number of rotatable bonds is 3. The second kappa shape index (κ2) is 6.77. The molecule has 3 heterocycles. The number of aliphatic hydroxyl groups is 1. The Hall–Kier alpha value is -2.77. The number of aldehydes is 1. The minimum Gasteiger partial charge on any atom is -0.400 e. The van der Waals surface area contributed by atoms with Gasteiger partial charge in [0, 0.05) is 24.8 Å². The first kappa shape index (κ1) is 16.1. The molecule has 0 bridgehead atoms. The van der Waals surface area contributed by atoms with Gasteiger partial charge in [-0.05, 0) is 17.7 Å². The maximum Gasteiger partial charge on any atom is 0.151 e. The molecule has 124 valence electrons. The van der Waals surface area contributed by atoms with E-state index in [9.17, 15) is 4.79 Å². The topological polar surface area (TPSA) is 103 Å². The van der Waals surface area contributed by atoms with Crippen molar-refractivity contribution in [3.05, 3.63) is 47.4 Å². The number of hydrogen-bond donors (Lipinski definition) is 2. The van der Waals surface area contributed by atoms with Crippen molar-refractivity contribution in [2.24, 2.45) is 0 Å². The quantitative estimate of drug-likeness (QED) is 0.705. The van der Waals surface area contributed by atoms with Crippen molar-refractivity contribution in [3.63, 3.8) is 0 Å². The molecule has 2 aromatic heterocycles. The Labute approximate surface area is 138 Å². The highest BCUT2D eigenvalue weighted by atomic mass is 16.5. The van der Waals surface area contributed by atoms with E-state index in [-0.39, 0.29) is 0 Å². The van der Waals surface area contributed by atoms with E-state index in [2.05, 4.69) is 14.5 Å². The Kier molecular flexibility index (Phi) is 4.54. The number of nitrogen functional groups attached to an aromatic ring is 1. The van der Waals surface area contributed by atoms with Crippen LogP contribution in [0.4, 0.5) is 5.82 Å². The van der Waals surface area contributed by atoms with Gasteiger partial charge in [-0.15, -0.1) is 0 Å². The summed E-state index contributed by atoms with van der Waals surface area (Å²) in [6, 6.07) is 7.84. The summed E-state index contributed by atoms with van der Waals surface area (Å²) in [5.74, 6) is 0.455. The van der Waals surface area contributed by atoms with Crippen LogP contribution in [0.15, 0.2) is 30.6 Å². The number of benzene rings is 1. The minimum absolute atomic E-state index is 0.416. The van der Waals surface area contributed by atoms with Crippen molar-refractivity contribution in [3.8, 4) is 5.69 Å². The molecule has 1 aromatic carbocycles. The first-order valence-corrected chi connectivity index (χ1v) is 7.47. The molecule has 3 aromatic rings. The molecule has 24 heavy (non-hydrogen) atoms. The van der Waals surface area contributed by atoms with E-state index in [0.717, 1.165) is 46.9 Å². The molecule has 0 saturated heterocycles. The van der Waals surface area contributed by atoms with Crippen molar-refractivity contribution in [1.29, 1.82) is 0 Å². The van der Waals surface area contributed by atoms with Crippen LogP contribution >= 0.6 is 0 Å². The molecule has 7 nitrogen and oxygen atoms in total. The number of carbonyl (C=O) groups is 1. The lowest BCUT2D eigenvalue weighted by molar-refractivity contribution is -0.107. The van der Waals surface area contributed by atoms with E-state index in [4.69, 9.17) is 15.6 Å². The zero-order valence-corrected chi connectivity index (χ0v) is 13.3. The van der Waals surface area contributed by atoms with E-state index in [0.29, 0.717) is 25.5 Å². The predicted molar refractivity (Wildman–Crippen MR) is 89.7 cm³/mol. The zero-order chi connectivity index (χ0) is 17.1. The summed E-state index contributed by atoms with van der Waals surface area (Å²) in [4.78, 5) is 19.1. The molecule has 0 radical (unpaired) electrons. The van der Waals surface area contributed by atoms with E-state index in [1.165, 1.54) is 6.33 Å². The number of carbonyl (C=O) groups excluding carboxylic acids is 1. The monoisotopic (exact) mass is 326 g/mol. The number of fused-ring (bicyclic) bond motifs is 3. The van der Waals surface area contributed by atoms with Crippen LogP contribution in [0.2, 0.25) is 0 Å². The molecular formula is C17H18N4O3. The van der Waals surface area contributed by atoms with E-state index in [1.807, 2.05) is 24.3 Å². The van der Waals surface area contributed by atoms with Crippen LogP contribution in [0.5, 0.6) is 0 Å². The molecule has 7 heteroatoms. The number of aromatic nitrogens is 3. The highest BCUT2D eigenvalue weighted by molar-refractivity contribution is 5.91. The molecule has 0 unspecified atom stereocenters. The molecular weight excluding hydrogens is 308 g/mol. The zero-order valence-electron chi connectivity index (χ0n) is 13.3. The summed E-state index contributed by atoms with van der Waals surface area (Å²) in [5, 5.41) is 7.00. The Morgan fingerprint density at radius 3 is 2.71 bits per heavy atom. The first-order valence-electron chi connectivity index (χ1n) is 7.47. The smallest absolute Gasteiger partial charge is 0.151 e. The van der Waals surface area contributed by atoms with Crippen molar-refractivity contribution < 1.29 is 14.6 Å². The standard InChI is InChI=1S/C16H14N4O2.CH4O/c17-16-15-14(18-9-19-16)12-7-22-8-13(12)20(15)11-3-1-10(2-4-11)5-6-21;1-2/h1-4,6,9H,5,7-8H2,(H2,17,18,19);2H,1H3. The Bertz CT molecular complexity index is 872. The van der Waals surface area contributed by atoms with Crippen molar-refractivity contribution >= 4 is 23.1 Å². The van der Waals surface area contributed by atoms with Crippen molar-refractivity contribution in [1.82, 2.24) is 14.5 Å². The second-order valence-electron chi connectivity index (χ2n) is 5.25. The summed E-state index contributed by atoms with van der Waals surface area (Å²) in [6.07, 6.45) is 2.80. The summed E-state index contributed by atoms with van der Waals surface area (Å²) < 4.78 is 7.61. The average molecular weight is 326 g/mol. The summed E-state index contributed by atoms with van der Waals surface area (Å²) in [6.45, 7) is 1.07. The summed E-state index contributed by atoms with van der Waals surface area (Å²) in [7, 11) is 1.00. The normalized spacial score (nSPS) is 12.6. The van der Waals surface area contributed by atoms with Crippen LogP contribution in [0.25, 0.3) is 16.7 Å². The molecule has 0 saturated carbocycles. The van der Waals surface area contributed by atoms with Crippen molar-refractivity contribution in [2.45, 2.75) is 19.6 Å². The fourth-order valence-electron chi connectivity index (χ4n) is 2.96. The highest BCUT2D eigenvalue weighted by Gasteiger charge is 2.25. The third-order valence-electron chi connectivity index (χ3n) is 3.98. The van der Waals surface area contributed by atoms with Gasteiger partial charge < -0.3 is 24.9 Å². The molecule has 0 aliphatic carbocycles. The molecule has 4 rings (SSSR count). The fourth-order valence-corrected chi connectivity index (χ4v) is 2.96. The molecule has 0 fully saturated rings. The lowest BCUT2D eigenvalue weighted by atomic mass is 10.1. The van der Waals surface area contributed by atoms with Crippen LogP contribution < -0.4 is 5.73 Å². The van der Waals surface area contributed by atoms with E-state index < -0.39 is 0 Å². The third kappa shape index (κ3) is 2.53. The first-order chi connectivity index (χ1) is 11.8. The third-order valence-corrected chi connectivity index (χ3v) is 3.98. The maximum atomic E-state index is 10.6. The Morgan fingerprint density at radius 1 is 1.25 bits per heavy atom. The largest absolute Gasteiger partial charge is 0.400 e. The Morgan fingerprint density at radius 2 is 2.00 bits per heavy atom. The van der Waals surface area contributed by atoms with Gasteiger partial charge >= 0.3 is 0 Å².